The number of carbonyl (C=O) groups is 1. The van der Waals surface area contributed by atoms with E-state index >= 15 is 0 Å². The topological polar surface area (TPSA) is 38.7 Å². The lowest BCUT2D eigenvalue weighted by Gasteiger charge is -2.07. The van der Waals surface area contributed by atoms with Gasteiger partial charge < -0.3 is 4.74 Å². The molecule has 102 valence electrons. The highest BCUT2D eigenvalue weighted by atomic mass is 16.5. The Kier molecular flexibility index (Phi) is 5.07. The van der Waals surface area contributed by atoms with Gasteiger partial charge in [-0.25, -0.2) is 0 Å². The van der Waals surface area contributed by atoms with Crippen LogP contribution in [0.5, 0.6) is 0 Å². The van der Waals surface area contributed by atoms with E-state index in [-0.39, 0.29) is 5.91 Å². The number of amides is 1. The van der Waals surface area contributed by atoms with E-state index in [4.69, 9.17) is 4.74 Å². The fourth-order valence-electron chi connectivity index (χ4n) is 1.82. The van der Waals surface area contributed by atoms with Crippen molar-refractivity contribution in [3.05, 3.63) is 71.8 Å². The van der Waals surface area contributed by atoms with Crippen molar-refractivity contribution in [1.29, 1.82) is 0 Å². The molecular formula is C17H17NO2. The van der Waals surface area contributed by atoms with Gasteiger partial charge in [0.15, 0.2) is 5.90 Å². The van der Waals surface area contributed by atoms with Crippen LogP contribution in [0.25, 0.3) is 0 Å². The molecule has 0 aromatic heterocycles. The van der Waals surface area contributed by atoms with Gasteiger partial charge in [0.05, 0.1) is 6.61 Å². The SMILES string of the molecule is CCOC(Cc1ccccc1)=NC(=O)c1ccccc1. The third kappa shape index (κ3) is 4.05. The average Bonchev–Trinajstić information content (AvgIpc) is 2.49. The molecule has 2 aromatic rings. The van der Waals surface area contributed by atoms with Gasteiger partial charge in [-0.15, -0.1) is 0 Å². The Hall–Kier alpha value is -2.42. The number of hydrogen-bond acceptors (Lipinski definition) is 2. The first-order valence-corrected chi connectivity index (χ1v) is 6.63. The summed E-state index contributed by atoms with van der Waals surface area (Å²) in [6.07, 6.45) is 0.521. The minimum Gasteiger partial charge on any atom is -0.481 e. The van der Waals surface area contributed by atoms with Gasteiger partial charge in [0.25, 0.3) is 5.91 Å². The second-order valence-corrected chi connectivity index (χ2v) is 4.27. The molecule has 0 spiro atoms. The summed E-state index contributed by atoms with van der Waals surface area (Å²) in [6.45, 7) is 2.38. The number of aliphatic imine (C=N–C) groups is 1. The van der Waals surface area contributed by atoms with Crippen molar-refractivity contribution in [2.45, 2.75) is 13.3 Å². The third-order valence-electron chi connectivity index (χ3n) is 2.76. The summed E-state index contributed by atoms with van der Waals surface area (Å²) in [7, 11) is 0. The molecule has 1 amide bonds. The van der Waals surface area contributed by atoms with E-state index in [0.29, 0.717) is 24.5 Å². The van der Waals surface area contributed by atoms with E-state index in [9.17, 15) is 4.79 Å². The van der Waals surface area contributed by atoms with Crippen molar-refractivity contribution in [1.82, 2.24) is 0 Å². The molecule has 3 heteroatoms. The lowest BCUT2D eigenvalue weighted by molar-refractivity contribution is 0.0999. The first-order chi connectivity index (χ1) is 9.79. The Morgan fingerprint density at radius 2 is 1.60 bits per heavy atom. The number of carbonyl (C=O) groups excluding carboxylic acids is 1. The van der Waals surface area contributed by atoms with Crippen molar-refractivity contribution >= 4 is 11.8 Å². The van der Waals surface area contributed by atoms with Crippen LogP contribution in [-0.4, -0.2) is 18.4 Å². The number of benzene rings is 2. The lowest BCUT2D eigenvalue weighted by atomic mass is 10.1. The van der Waals surface area contributed by atoms with Crippen molar-refractivity contribution in [3.63, 3.8) is 0 Å². The van der Waals surface area contributed by atoms with E-state index in [1.165, 1.54) is 0 Å². The van der Waals surface area contributed by atoms with Crippen molar-refractivity contribution in [2.24, 2.45) is 4.99 Å². The molecule has 0 saturated carbocycles. The summed E-state index contributed by atoms with van der Waals surface area (Å²) in [5, 5.41) is 0. The van der Waals surface area contributed by atoms with Gasteiger partial charge in [0.2, 0.25) is 0 Å². The normalized spacial score (nSPS) is 11.2. The van der Waals surface area contributed by atoms with Crippen LogP contribution in [0.2, 0.25) is 0 Å². The Bertz CT molecular complexity index is 576. The zero-order valence-electron chi connectivity index (χ0n) is 11.5. The summed E-state index contributed by atoms with van der Waals surface area (Å²) < 4.78 is 5.47. The van der Waals surface area contributed by atoms with Crippen LogP contribution in [0.1, 0.15) is 22.8 Å². The first-order valence-electron chi connectivity index (χ1n) is 6.63. The lowest BCUT2D eigenvalue weighted by Crippen LogP contribution is -2.11. The van der Waals surface area contributed by atoms with Gasteiger partial charge in [0.1, 0.15) is 0 Å². The van der Waals surface area contributed by atoms with Crippen molar-refractivity contribution in [3.8, 4) is 0 Å². The molecule has 0 bridgehead atoms. The molecule has 3 nitrogen and oxygen atoms in total. The van der Waals surface area contributed by atoms with Gasteiger partial charge in [-0.3, -0.25) is 4.79 Å². The molecule has 0 heterocycles. The predicted octanol–water partition coefficient (Wildman–Crippen LogP) is 3.50. The van der Waals surface area contributed by atoms with Crippen LogP contribution in [0.3, 0.4) is 0 Å². The molecule has 20 heavy (non-hydrogen) atoms. The summed E-state index contributed by atoms with van der Waals surface area (Å²) in [5.41, 5.74) is 1.64. The van der Waals surface area contributed by atoms with E-state index in [1.807, 2.05) is 55.5 Å². The van der Waals surface area contributed by atoms with Gasteiger partial charge in [-0.1, -0.05) is 48.5 Å². The maximum atomic E-state index is 12.1. The highest BCUT2D eigenvalue weighted by molar-refractivity contribution is 6.02. The average molecular weight is 267 g/mol. The Morgan fingerprint density at radius 3 is 2.20 bits per heavy atom. The van der Waals surface area contributed by atoms with Gasteiger partial charge in [-0.2, -0.15) is 4.99 Å². The van der Waals surface area contributed by atoms with Crippen molar-refractivity contribution in [2.75, 3.05) is 6.61 Å². The maximum absolute atomic E-state index is 12.1. The zero-order valence-corrected chi connectivity index (χ0v) is 11.5. The van der Waals surface area contributed by atoms with Gasteiger partial charge >= 0.3 is 0 Å². The zero-order chi connectivity index (χ0) is 14.2. The minimum atomic E-state index is -0.273. The van der Waals surface area contributed by atoms with E-state index in [1.54, 1.807) is 12.1 Å². The molecule has 2 aromatic carbocycles. The highest BCUT2D eigenvalue weighted by Crippen LogP contribution is 2.05. The molecule has 2 rings (SSSR count). The monoisotopic (exact) mass is 267 g/mol. The van der Waals surface area contributed by atoms with E-state index < -0.39 is 0 Å². The minimum absolute atomic E-state index is 0.273. The van der Waals surface area contributed by atoms with Crippen LogP contribution < -0.4 is 0 Å². The number of hydrogen-bond donors (Lipinski definition) is 0. The molecule has 0 atom stereocenters. The molecule has 0 aliphatic rings. The van der Waals surface area contributed by atoms with E-state index in [2.05, 4.69) is 4.99 Å². The summed E-state index contributed by atoms with van der Waals surface area (Å²) in [4.78, 5) is 16.1. The van der Waals surface area contributed by atoms with Crippen LogP contribution in [0.4, 0.5) is 0 Å². The highest BCUT2D eigenvalue weighted by Gasteiger charge is 2.08. The molecule has 0 radical (unpaired) electrons. The van der Waals surface area contributed by atoms with E-state index in [0.717, 1.165) is 5.56 Å². The number of ether oxygens (including phenoxy) is 1. The standard InChI is InChI=1S/C17H17NO2/c1-2-20-16(13-14-9-5-3-6-10-14)18-17(19)15-11-7-4-8-12-15/h3-12H,2,13H2,1H3. The molecule has 0 aliphatic heterocycles. The van der Waals surface area contributed by atoms with Crippen LogP contribution in [-0.2, 0) is 11.2 Å². The fourth-order valence-corrected chi connectivity index (χ4v) is 1.82. The van der Waals surface area contributed by atoms with Gasteiger partial charge in [0, 0.05) is 12.0 Å². The Morgan fingerprint density at radius 1 is 1.00 bits per heavy atom. The number of rotatable bonds is 4. The molecule has 0 N–H and O–H groups in total. The second-order valence-electron chi connectivity index (χ2n) is 4.27. The Balaban J connectivity index is 2.15. The van der Waals surface area contributed by atoms with Crippen LogP contribution in [0, 0.1) is 0 Å². The molecule has 0 unspecified atom stereocenters. The quantitative estimate of drug-likeness (QED) is 0.628. The smallest absolute Gasteiger partial charge is 0.279 e. The summed E-state index contributed by atoms with van der Waals surface area (Å²) in [6, 6.07) is 18.8. The molecule has 0 aliphatic carbocycles. The van der Waals surface area contributed by atoms with Crippen molar-refractivity contribution < 1.29 is 9.53 Å². The maximum Gasteiger partial charge on any atom is 0.279 e. The second kappa shape index (κ2) is 7.24. The third-order valence-corrected chi connectivity index (χ3v) is 2.76. The summed E-state index contributed by atoms with van der Waals surface area (Å²) in [5.74, 6) is 0.178. The Labute approximate surface area is 118 Å². The predicted molar refractivity (Wildman–Crippen MR) is 80.0 cm³/mol. The number of nitrogens with zero attached hydrogens (tertiary/aromatic N) is 1. The molecule has 0 fully saturated rings. The fraction of sp³-hybridized carbons (Fsp3) is 0.176. The first kappa shape index (κ1) is 14.0. The summed E-state index contributed by atoms with van der Waals surface area (Å²) >= 11 is 0. The molecule has 0 saturated heterocycles. The van der Waals surface area contributed by atoms with Crippen LogP contribution >= 0.6 is 0 Å². The van der Waals surface area contributed by atoms with Gasteiger partial charge in [-0.05, 0) is 24.6 Å². The molecular weight excluding hydrogens is 250 g/mol. The largest absolute Gasteiger partial charge is 0.481 e. The van der Waals surface area contributed by atoms with Crippen LogP contribution in [0.15, 0.2) is 65.7 Å².